The van der Waals surface area contributed by atoms with Crippen molar-refractivity contribution in [1.29, 1.82) is 0 Å². The third kappa shape index (κ3) is 7.25. The van der Waals surface area contributed by atoms with Crippen LogP contribution < -0.4 is 5.32 Å². The summed E-state index contributed by atoms with van der Waals surface area (Å²) < 4.78 is 7.49. The number of nitrogens with zero attached hydrogens (tertiary/aromatic N) is 3. The molecule has 2 aromatic heterocycles. The summed E-state index contributed by atoms with van der Waals surface area (Å²) in [4.78, 5) is 33.4. The molecular weight excluding hydrogens is 464 g/mol. The first-order chi connectivity index (χ1) is 16.3. The van der Waals surface area contributed by atoms with Crippen LogP contribution in [0.1, 0.15) is 69.6 Å². The largest absolute Gasteiger partial charge is 0.459 e. The van der Waals surface area contributed by atoms with Crippen molar-refractivity contribution in [3.63, 3.8) is 0 Å². The monoisotopic (exact) mass is 502 g/mol. The molecule has 0 fully saturated rings. The van der Waals surface area contributed by atoms with Gasteiger partial charge in [0.15, 0.2) is 4.96 Å². The molecule has 3 aromatic rings. The Morgan fingerprint density at radius 2 is 1.94 bits per heavy atom. The van der Waals surface area contributed by atoms with Gasteiger partial charge < -0.3 is 20.1 Å². The van der Waals surface area contributed by atoms with Gasteiger partial charge in [0.25, 0.3) is 5.91 Å². The lowest BCUT2D eigenvalue weighted by Crippen LogP contribution is -2.41. The lowest BCUT2D eigenvalue weighted by molar-refractivity contribution is -0.157. The fourth-order valence-corrected chi connectivity index (χ4v) is 4.95. The Morgan fingerprint density at radius 3 is 2.57 bits per heavy atom. The maximum Gasteiger partial charge on any atom is 0.323 e. The SMILES string of the molecule is CN(CC(C)(C)C)C(=O)c1cn2c(nc3cc(CNC(CCCO)C(=O)OC(C)(C)C)ccc32)s1. The first kappa shape index (κ1) is 27.1. The van der Waals surface area contributed by atoms with Crippen LogP contribution in [0.25, 0.3) is 16.0 Å². The predicted octanol–water partition coefficient (Wildman–Crippen LogP) is 4.24. The van der Waals surface area contributed by atoms with Gasteiger partial charge in [-0.3, -0.25) is 14.0 Å². The van der Waals surface area contributed by atoms with E-state index in [9.17, 15) is 14.7 Å². The summed E-state index contributed by atoms with van der Waals surface area (Å²) in [6.45, 7) is 13.0. The van der Waals surface area contributed by atoms with Gasteiger partial charge in [0.2, 0.25) is 0 Å². The lowest BCUT2D eigenvalue weighted by Gasteiger charge is -2.26. The van der Waals surface area contributed by atoms with Crippen molar-refractivity contribution in [3.8, 4) is 0 Å². The molecule has 192 valence electrons. The Hall–Kier alpha value is -2.49. The Morgan fingerprint density at radius 1 is 1.23 bits per heavy atom. The maximum atomic E-state index is 12.9. The molecule has 35 heavy (non-hydrogen) atoms. The Balaban J connectivity index is 1.74. The smallest absolute Gasteiger partial charge is 0.323 e. The van der Waals surface area contributed by atoms with Gasteiger partial charge in [-0.1, -0.05) is 38.2 Å². The molecule has 9 heteroatoms. The molecule has 8 nitrogen and oxygen atoms in total. The van der Waals surface area contributed by atoms with Gasteiger partial charge >= 0.3 is 5.97 Å². The molecule has 2 heterocycles. The number of fused-ring (bicyclic) bond motifs is 3. The van der Waals surface area contributed by atoms with E-state index in [1.54, 1.807) is 4.90 Å². The van der Waals surface area contributed by atoms with Crippen LogP contribution in [-0.2, 0) is 16.1 Å². The first-order valence-electron chi connectivity index (χ1n) is 12.0. The second kappa shape index (κ2) is 10.6. The summed E-state index contributed by atoms with van der Waals surface area (Å²) in [6.07, 6.45) is 2.87. The number of esters is 1. The minimum atomic E-state index is -0.570. The molecule has 0 aliphatic carbocycles. The number of thiazole rings is 1. The second-order valence-corrected chi connectivity index (χ2v) is 12.2. The number of aliphatic hydroxyl groups excluding tert-OH is 1. The van der Waals surface area contributed by atoms with Gasteiger partial charge in [-0.2, -0.15) is 0 Å². The zero-order valence-corrected chi connectivity index (χ0v) is 22.7. The van der Waals surface area contributed by atoms with Crippen molar-refractivity contribution < 1.29 is 19.4 Å². The fraction of sp³-hybridized carbons (Fsp3) is 0.577. The van der Waals surface area contributed by atoms with Gasteiger partial charge in [0, 0.05) is 32.9 Å². The number of imidazole rings is 1. The van der Waals surface area contributed by atoms with Crippen LogP contribution in [0.4, 0.5) is 0 Å². The molecule has 1 unspecified atom stereocenters. The van der Waals surface area contributed by atoms with Crippen molar-refractivity contribution >= 4 is 39.2 Å². The molecular formula is C26H38N4O4S. The van der Waals surface area contributed by atoms with E-state index >= 15 is 0 Å². The van der Waals surface area contributed by atoms with Crippen molar-refractivity contribution in [2.24, 2.45) is 5.41 Å². The number of amides is 1. The molecule has 2 N–H and O–H groups in total. The lowest BCUT2D eigenvalue weighted by atomic mass is 9.96. The van der Waals surface area contributed by atoms with Crippen molar-refractivity contribution in [1.82, 2.24) is 19.6 Å². The number of hydrogen-bond acceptors (Lipinski definition) is 7. The fourth-order valence-electron chi connectivity index (χ4n) is 3.95. The zero-order chi connectivity index (χ0) is 26.0. The number of hydrogen-bond donors (Lipinski definition) is 2. The van der Waals surface area contributed by atoms with Crippen LogP contribution in [0.3, 0.4) is 0 Å². The van der Waals surface area contributed by atoms with Crippen molar-refractivity contribution in [2.75, 3.05) is 20.2 Å². The van der Waals surface area contributed by atoms with E-state index in [1.807, 2.05) is 56.6 Å². The van der Waals surface area contributed by atoms with Gasteiger partial charge in [-0.05, 0) is 56.7 Å². The third-order valence-corrected chi connectivity index (χ3v) is 6.30. The number of rotatable bonds is 9. The zero-order valence-electron chi connectivity index (χ0n) is 21.8. The Kier molecular flexibility index (Phi) is 8.24. The molecule has 0 spiro atoms. The number of aromatic nitrogens is 2. The maximum absolute atomic E-state index is 12.9. The Bertz CT molecular complexity index is 1190. The molecule has 3 rings (SSSR count). The third-order valence-electron chi connectivity index (χ3n) is 5.33. The number of aliphatic hydroxyl groups is 1. The highest BCUT2D eigenvalue weighted by atomic mass is 32.1. The molecule has 0 saturated carbocycles. The first-order valence-corrected chi connectivity index (χ1v) is 12.8. The molecule has 0 saturated heterocycles. The molecule has 0 aliphatic heterocycles. The van der Waals surface area contributed by atoms with Gasteiger partial charge in [-0.25, -0.2) is 4.98 Å². The number of ether oxygens (including phenoxy) is 1. The van der Waals surface area contributed by atoms with E-state index in [0.717, 1.165) is 21.6 Å². The summed E-state index contributed by atoms with van der Waals surface area (Å²) in [5.41, 5.74) is 2.21. The summed E-state index contributed by atoms with van der Waals surface area (Å²) in [6, 6.07) is 5.48. The standard InChI is InChI=1S/C26H38N4O4S/c1-25(2,3)16-29(7)22(32)21-15-30-20-11-10-17(13-19(20)28-24(30)35-21)14-27-18(9-8-12-31)23(33)34-26(4,5)6/h10-11,13,15,18,27,31H,8-9,12,14,16H2,1-7H3. The summed E-state index contributed by atoms with van der Waals surface area (Å²) in [5.74, 6) is -0.316. The average Bonchev–Trinajstić information content (AvgIpc) is 3.28. The molecule has 1 atom stereocenters. The van der Waals surface area contributed by atoms with Crippen molar-refractivity contribution in [3.05, 3.63) is 34.8 Å². The average molecular weight is 503 g/mol. The van der Waals surface area contributed by atoms with Crippen LogP contribution in [0.15, 0.2) is 24.4 Å². The number of nitrogens with one attached hydrogen (secondary N) is 1. The minimum absolute atomic E-state index is 0.000425. The highest BCUT2D eigenvalue weighted by Gasteiger charge is 2.25. The molecule has 0 radical (unpaired) electrons. The van der Waals surface area contributed by atoms with E-state index in [1.165, 1.54) is 11.3 Å². The summed E-state index contributed by atoms with van der Waals surface area (Å²) in [7, 11) is 1.83. The van der Waals surface area contributed by atoms with Crippen LogP contribution in [0.5, 0.6) is 0 Å². The Labute approximate surface area is 211 Å². The van der Waals surface area contributed by atoms with E-state index in [-0.39, 0.29) is 23.9 Å². The summed E-state index contributed by atoms with van der Waals surface area (Å²) >= 11 is 1.39. The molecule has 1 aromatic carbocycles. The second-order valence-electron chi connectivity index (χ2n) is 11.2. The van der Waals surface area contributed by atoms with Crippen LogP contribution in [-0.4, -0.2) is 63.1 Å². The number of carbonyl (C=O) groups excluding carboxylic acids is 2. The number of benzene rings is 1. The van der Waals surface area contributed by atoms with Gasteiger partial charge in [0.1, 0.15) is 16.5 Å². The normalized spacial score (nSPS) is 13.4. The highest BCUT2D eigenvalue weighted by Crippen LogP contribution is 2.26. The minimum Gasteiger partial charge on any atom is -0.459 e. The quantitative estimate of drug-likeness (QED) is 0.425. The van der Waals surface area contributed by atoms with Crippen LogP contribution in [0.2, 0.25) is 0 Å². The van der Waals surface area contributed by atoms with E-state index < -0.39 is 11.6 Å². The van der Waals surface area contributed by atoms with Gasteiger partial charge in [0.05, 0.1) is 11.0 Å². The summed E-state index contributed by atoms with van der Waals surface area (Å²) in [5, 5.41) is 12.5. The van der Waals surface area contributed by atoms with Gasteiger partial charge in [-0.15, -0.1) is 0 Å². The van der Waals surface area contributed by atoms with E-state index in [0.29, 0.717) is 30.8 Å². The topological polar surface area (TPSA) is 96.2 Å². The van der Waals surface area contributed by atoms with Crippen LogP contribution in [0, 0.1) is 5.41 Å². The van der Waals surface area contributed by atoms with E-state index in [2.05, 4.69) is 26.1 Å². The molecule has 0 aliphatic rings. The molecule has 0 bridgehead atoms. The number of carbonyl (C=O) groups is 2. The highest BCUT2D eigenvalue weighted by molar-refractivity contribution is 7.18. The van der Waals surface area contributed by atoms with Crippen LogP contribution >= 0.6 is 11.3 Å². The van der Waals surface area contributed by atoms with Crippen molar-refractivity contribution in [2.45, 2.75) is 72.6 Å². The van der Waals surface area contributed by atoms with E-state index in [4.69, 9.17) is 9.72 Å². The molecule has 1 amide bonds. The predicted molar refractivity (Wildman–Crippen MR) is 140 cm³/mol.